The number of hydrogen-bond donors (Lipinski definition) is 1. The Morgan fingerprint density at radius 2 is 2.12 bits per heavy atom. The second kappa shape index (κ2) is 7.43. The minimum atomic E-state index is -0.770. The monoisotopic (exact) mass is 333 g/mol. The first kappa shape index (κ1) is 17.1. The first-order valence-electron chi connectivity index (χ1n) is 8.72. The molecule has 1 unspecified atom stereocenters. The molecule has 0 bridgehead atoms. The second-order valence-electron chi connectivity index (χ2n) is 7.19. The van der Waals surface area contributed by atoms with E-state index in [1.165, 1.54) is 17.3 Å². The molecule has 24 heavy (non-hydrogen) atoms. The van der Waals surface area contributed by atoms with E-state index in [1.54, 1.807) is 12.1 Å². The van der Waals surface area contributed by atoms with Crippen LogP contribution in [0, 0.1) is 17.6 Å². The van der Waals surface area contributed by atoms with Gasteiger partial charge in [-0.05, 0) is 43.4 Å². The summed E-state index contributed by atoms with van der Waals surface area (Å²) in [7, 11) is 0. The van der Waals surface area contributed by atoms with Gasteiger partial charge in [0.05, 0.1) is 6.20 Å². The van der Waals surface area contributed by atoms with Crippen LogP contribution in [0.25, 0.3) is 0 Å². The van der Waals surface area contributed by atoms with Crippen molar-refractivity contribution < 1.29 is 8.78 Å². The van der Waals surface area contributed by atoms with Gasteiger partial charge in [0.25, 0.3) is 0 Å². The molecule has 1 fully saturated rings. The molecular formula is C19H25F2N3. The van der Waals surface area contributed by atoms with Gasteiger partial charge in [-0.25, -0.2) is 8.78 Å². The molecule has 1 aliphatic rings. The lowest BCUT2D eigenvalue weighted by atomic mass is 9.90. The van der Waals surface area contributed by atoms with Gasteiger partial charge in [0.1, 0.15) is 0 Å². The van der Waals surface area contributed by atoms with E-state index in [-0.39, 0.29) is 0 Å². The highest BCUT2D eigenvalue weighted by atomic mass is 19.2. The molecule has 0 spiro atoms. The third-order valence-electron chi connectivity index (χ3n) is 4.72. The highest BCUT2D eigenvalue weighted by molar-refractivity contribution is 5.23. The fraction of sp³-hybridized carbons (Fsp3) is 0.526. The SMILES string of the molecule is CC(C)Cc1cn[nH]c1C1CCCN(Cc2cccc(F)c2F)C1. The smallest absolute Gasteiger partial charge is 0.163 e. The number of hydrogen-bond acceptors (Lipinski definition) is 2. The Balaban J connectivity index is 1.71. The maximum absolute atomic E-state index is 13.9. The summed E-state index contributed by atoms with van der Waals surface area (Å²) in [6.45, 7) is 6.63. The Morgan fingerprint density at radius 1 is 1.29 bits per heavy atom. The Labute approximate surface area is 142 Å². The number of nitrogens with one attached hydrogen (secondary N) is 1. The standard InChI is InChI=1S/C19H25F2N3/c1-13(2)9-16-10-22-23-19(16)15-6-4-8-24(12-15)11-14-5-3-7-17(20)18(14)21/h3,5,7,10,13,15H,4,6,8-9,11-12H2,1-2H3,(H,22,23). The molecule has 0 aliphatic carbocycles. The van der Waals surface area contributed by atoms with Crippen LogP contribution < -0.4 is 0 Å². The van der Waals surface area contributed by atoms with E-state index in [0.717, 1.165) is 32.4 Å². The van der Waals surface area contributed by atoms with E-state index in [2.05, 4.69) is 28.9 Å². The molecule has 0 radical (unpaired) electrons. The van der Waals surface area contributed by atoms with Gasteiger partial charge in [-0.3, -0.25) is 10.00 Å². The van der Waals surface area contributed by atoms with Gasteiger partial charge in [0.15, 0.2) is 11.6 Å². The average Bonchev–Trinajstić information content (AvgIpc) is 2.99. The number of H-pyrrole nitrogens is 1. The van der Waals surface area contributed by atoms with E-state index in [9.17, 15) is 8.78 Å². The van der Waals surface area contributed by atoms with Crippen LogP contribution in [-0.4, -0.2) is 28.2 Å². The van der Waals surface area contributed by atoms with Gasteiger partial charge in [-0.1, -0.05) is 26.0 Å². The summed E-state index contributed by atoms with van der Waals surface area (Å²) in [4.78, 5) is 2.21. The third-order valence-corrected chi connectivity index (χ3v) is 4.72. The maximum Gasteiger partial charge on any atom is 0.163 e. The van der Waals surface area contributed by atoms with Gasteiger partial charge < -0.3 is 0 Å². The molecule has 3 nitrogen and oxygen atoms in total. The Morgan fingerprint density at radius 3 is 2.92 bits per heavy atom. The highest BCUT2D eigenvalue weighted by Gasteiger charge is 2.25. The number of aromatic amines is 1. The predicted molar refractivity (Wildman–Crippen MR) is 90.7 cm³/mol. The molecule has 1 atom stereocenters. The number of likely N-dealkylation sites (tertiary alicyclic amines) is 1. The predicted octanol–water partition coefficient (Wildman–Crippen LogP) is 4.27. The number of halogens is 2. The van der Waals surface area contributed by atoms with E-state index < -0.39 is 11.6 Å². The van der Waals surface area contributed by atoms with E-state index in [0.29, 0.717) is 23.9 Å². The van der Waals surface area contributed by atoms with E-state index in [4.69, 9.17) is 0 Å². The van der Waals surface area contributed by atoms with E-state index >= 15 is 0 Å². The molecule has 2 heterocycles. The maximum atomic E-state index is 13.9. The van der Waals surface area contributed by atoms with Crippen LogP contribution in [0.1, 0.15) is 49.4 Å². The Hall–Kier alpha value is -1.75. The number of rotatable bonds is 5. The Kier molecular flexibility index (Phi) is 5.29. The van der Waals surface area contributed by atoms with Crippen molar-refractivity contribution in [3.63, 3.8) is 0 Å². The molecular weight excluding hydrogens is 308 g/mol. The number of piperidine rings is 1. The van der Waals surface area contributed by atoms with Crippen LogP contribution in [0.3, 0.4) is 0 Å². The molecule has 1 aromatic carbocycles. The first-order chi connectivity index (χ1) is 11.5. The third kappa shape index (κ3) is 3.83. The van der Waals surface area contributed by atoms with Crippen molar-refractivity contribution in [1.29, 1.82) is 0 Å². The van der Waals surface area contributed by atoms with Crippen LogP contribution in [0.15, 0.2) is 24.4 Å². The molecule has 5 heteroatoms. The molecule has 1 aromatic heterocycles. The van der Waals surface area contributed by atoms with Crippen molar-refractivity contribution in [3.05, 3.63) is 52.9 Å². The minimum Gasteiger partial charge on any atom is -0.298 e. The molecule has 130 valence electrons. The quantitative estimate of drug-likeness (QED) is 0.886. The van der Waals surface area contributed by atoms with E-state index in [1.807, 2.05) is 6.20 Å². The van der Waals surface area contributed by atoms with Crippen LogP contribution in [0.5, 0.6) is 0 Å². The molecule has 3 rings (SSSR count). The highest BCUT2D eigenvalue weighted by Crippen LogP contribution is 2.30. The lowest BCUT2D eigenvalue weighted by Gasteiger charge is -2.33. The summed E-state index contributed by atoms with van der Waals surface area (Å²) in [5.74, 6) is -0.524. The Bertz CT molecular complexity index is 681. The van der Waals surface area contributed by atoms with Crippen molar-refractivity contribution >= 4 is 0 Å². The van der Waals surface area contributed by atoms with Crippen molar-refractivity contribution in [2.24, 2.45) is 5.92 Å². The number of benzene rings is 1. The summed E-state index contributed by atoms with van der Waals surface area (Å²) < 4.78 is 27.3. The van der Waals surface area contributed by atoms with Crippen molar-refractivity contribution in [2.45, 2.75) is 45.6 Å². The number of aromatic nitrogens is 2. The van der Waals surface area contributed by atoms with Gasteiger partial charge in [-0.2, -0.15) is 5.10 Å². The fourth-order valence-electron chi connectivity index (χ4n) is 3.62. The van der Waals surface area contributed by atoms with Crippen molar-refractivity contribution in [3.8, 4) is 0 Å². The normalized spacial score (nSPS) is 19.1. The van der Waals surface area contributed by atoms with Crippen LogP contribution in [-0.2, 0) is 13.0 Å². The van der Waals surface area contributed by atoms with Crippen LogP contribution >= 0.6 is 0 Å². The zero-order chi connectivity index (χ0) is 17.1. The molecule has 1 saturated heterocycles. The van der Waals surface area contributed by atoms with Crippen molar-refractivity contribution in [1.82, 2.24) is 15.1 Å². The lowest BCUT2D eigenvalue weighted by molar-refractivity contribution is 0.195. The molecule has 0 saturated carbocycles. The van der Waals surface area contributed by atoms with Crippen LogP contribution in [0.4, 0.5) is 8.78 Å². The molecule has 0 amide bonds. The summed E-state index contributed by atoms with van der Waals surface area (Å²) in [6.07, 6.45) is 5.11. The van der Waals surface area contributed by atoms with Crippen molar-refractivity contribution in [2.75, 3.05) is 13.1 Å². The van der Waals surface area contributed by atoms with Gasteiger partial charge in [0, 0.05) is 30.3 Å². The summed E-state index contributed by atoms with van der Waals surface area (Å²) in [6, 6.07) is 4.41. The van der Waals surface area contributed by atoms with Gasteiger partial charge >= 0.3 is 0 Å². The number of nitrogens with zero attached hydrogens (tertiary/aromatic N) is 2. The lowest BCUT2D eigenvalue weighted by Crippen LogP contribution is -2.34. The van der Waals surface area contributed by atoms with Gasteiger partial charge in [-0.15, -0.1) is 0 Å². The van der Waals surface area contributed by atoms with Crippen LogP contribution in [0.2, 0.25) is 0 Å². The zero-order valence-corrected chi connectivity index (χ0v) is 14.4. The average molecular weight is 333 g/mol. The zero-order valence-electron chi connectivity index (χ0n) is 14.4. The van der Waals surface area contributed by atoms with Gasteiger partial charge in [0.2, 0.25) is 0 Å². The molecule has 1 N–H and O–H groups in total. The minimum absolute atomic E-state index is 0.381. The largest absolute Gasteiger partial charge is 0.298 e. The molecule has 2 aromatic rings. The second-order valence-corrected chi connectivity index (χ2v) is 7.19. The fourth-order valence-corrected chi connectivity index (χ4v) is 3.62. The topological polar surface area (TPSA) is 31.9 Å². The first-order valence-corrected chi connectivity index (χ1v) is 8.72. The summed E-state index contributed by atoms with van der Waals surface area (Å²) in [5.41, 5.74) is 2.93. The molecule has 1 aliphatic heterocycles. The summed E-state index contributed by atoms with van der Waals surface area (Å²) in [5, 5.41) is 7.41. The summed E-state index contributed by atoms with van der Waals surface area (Å²) >= 11 is 0.